The van der Waals surface area contributed by atoms with E-state index in [-0.39, 0.29) is 0 Å². The second kappa shape index (κ2) is 16.6. The Kier molecular flexibility index (Phi) is 13.4. The van der Waals surface area contributed by atoms with Gasteiger partial charge in [0.25, 0.3) is 0 Å². The van der Waals surface area contributed by atoms with E-state index in [1.807, 2.05) is 36.4 Å². The van der Waals surface area contributed by atoms with Crippen LogP contribution in [-0.4, -0.2) is 26.4 Å². The fraction of sp³-hybridized carbons (Fsp3) is 0.571. The Hall–Kier alpha value is -2.94. The number of methoxy groups -OCH3 is 1. The third kappa shape index (κ3) is 10.3. The SMILES string of the molecule is CCCCCCOc1cc(NC(CCCCC)CCCOc2ccc(OC)cc2)ccc1[N+]#N. The van der Waals surface area contributed by atoms with Crippen molar-refractivity contribution in [2.75, 3.05) is 25.6 Å². The van der Waals surface area contributed by atoms with Crippen LogP contribution >= 0.6 is 0 Å². The lowest BCUT2D eigenvalue weighted by molar-refractivity contribution is 0.300. The van der Waals surface area contributed by atoms with E-state index >= 15 is 0 Å². The molecule has 2 aromatic carbocycles. The van der Waals surface area contributed by atoms with Crippen LogP contribution in [0.2, 0.25) is 0 Å². The van der Waals surface area contributed by atoms with Gasteiger partial charge in [-0.3, -0.25) is 0 Å². The summed E-state index contributed by atoms with van der Waals surface area (Å²) in [4.78, 5) is 3.39. The number of diazo groups is 1. The summed E-state index contributed by atoms with van der Waals surface area (Å²) in [6.45, 7) is 5.73. The van der Waals surface area contributed by atoms with Crippen LogP contribution in [0.1, 0.15) is 78.1 Å². The predicted octanol–water partition coefficient (Wildman–Crippen LogP) is 8.36. The van der Waals surface area contributed by atoms with E-state index in [9.17, 15) is 5.39 Å². The lowest BCUT2D eigenvalue weighted by atomic mass is 10.0. The van der Waals surface area contributed by atoms with Gasteiger partial charge in [0, 0.05) is 23.9 Å². The van der Waals surface area contributed by atoms with Gasteiger partial charge in [-0.15, -0.1) is 0 Å². The van der Waals surface area contributed by atoms with Gasteiger partial charge in [0.05, 0.1) is 20.3 Å². The fourth-order valence-electron chi connectivity index (χ4n) is 3.87. The Morgan fingerprint density at radius 3 is 2.18 bits per heavy atom. The first kappa shape index (κ1) is 27.3. The third-order valence-electron chi connectivity index (χ3n) is 5.88. The summed E-state index contributed by atoms with van der Waals surface area (Å²) < 4.78 is 17.0. The second-order valence-electron chi connectivity index (χ2n) is 8.69. The molecule has 186 valence electrons. The first-order valence-electron chi connectivity index (χ1n) is 12.9. The van der Waals surface area contributed by atoms with Crippen molar-refractivity contribution in [2.45, 2.75) is 84.1 Å². The molecule has 0 aliphatic carbocycles. The zero-order valence-electron chi connectivity index (χ0n) is 21.2. The largest absolute Gasteiger partial charge is 0.497 e. The molecule has 0 aliphatic heterocycles. The van der Waals surface area contributed by atoms with Crippen molar-refractivity contribution in [3.8, 4) is 17.2 Å². The molecule has 0 saturated heterocycles. The van der Waals surface area contributed by atoms with Crippen molar-refractivity contribution in [3.05, 3.63) is 47.4 Å². The first-order chi connectivity index (χ1) is 16.7. The van der Waals surface area contributed by atoms with Crippen LogP contribution in [0.15, 0.2) is 42.5 Å². The average molecular weight is 469 g/mol. The topological polar surface area (TPSA) is 67.9 Å². The molecule has 0 radical (unpaired) electrons. The molecular weight excluding hydrogens is 426 g/mol. The maximum atomic E-state index is 9.35. The molecule has 1 atom stereocenters. The summed E-state index contributed by atoms with van der Waals surface area (Å²) in [5, 5.41) is 13.0. The summed E-state index contributed by atoms with van der Waals surface area (Å²) in [7, 11) is 1.66. The molecule has 6 heteroatoms. The molecule has 0 amide bonds. The molecule has 34 heavy (non-hydrogen) atoms. The molecule has 0 heterocycles. The zero-order valence-corrected chi connectivity index (χ0v) is 21.2. The van der Waals surface area contributed by atoms with Gasteiger partial charge in [0.1, 0.15) is 11.5 Å². The average Bonchev–Trinajstić information content (AvgIpc) is 2.87. The van der Waals surface area contributed by atoms with Gasteiger partial charge in [0.15, 0.2) is 4.98 Å². The van der Waals surface area contributed by atoms with Gasteiger partial charge in [-0.1, -0.05) is 52.4 Å². The van der Waals surface area contributed by atoms with Gasteiger partial charge in [-0.25, -0.2) is 0 Å². The smallest absolute Gasteiger partial charge is 0.426 e. The molecule has 0 spiro atoms. The summed E-state index contributed by atoms with van der Waals surface area (Å²) in [6.07, 6.45) is 11.3. The quantitative estimate of drug-likeness (QED) is 0.176. The maximum Gasteiger partial charge on any atom is 0.426 e. The molecule has 6 nitrogen and oxygen atoms in total. The number of unbranched alkanes of at least 4 members (excludes halogenated alkanes) is 5. The molecule has 0 saturated carbocycles. The van der Waals surface area contributed by atoms with E-state index in [4.69, 9.17) is 14.2 Å². The molecule has 1 N–H and O–H groups in total. The van der Waals surface area contributed by atoms with Gasteiger partial charge >= 0.3 is 5.69 Å². The van der Waals surface area contributed by atoms with E-state index < -0.39 is 0 Å². The molecule has 2 rings (SSSR count). The third-order valence-corrected chi connectivity index (χ3v) is 5.88. The molecule has 0 fully saturated rings. The highest BCUT2D eigenvalue weighted by atomic mass is 16.5. The van der Waals surface area contributed by atoms with Crippen LogP contribution in [0.4, 0.5) is 11.4 Å². The van der Waals surface area contributed by atoms with Crippen LogP contribution < -0.4 is 19.5 Å². The lowest BCUT2D eigenvalue weighted by Gasteiger charge is -2.20. The van der Waals surface area contributed by atoms with Crippen LogP contribution in [0.5, 0.6) is 17.2 Å². The van der Waals surface area contributed by atoms with Gasteiger partial charge in [-0.05, 0) is 56.0 Å². The number of nitrogens with one attached hydrogen (secondary N) is 1. The minimum Gasteiger partial charge on any atom is -0.497 e. The highest BCUT2D eigenvalue weighted by Gasteiger charge is 2.17. The molecule has 0 aliphatic rings. The summed E-state index contributed by atoms with van der Waals surface area (Å²) in [5.74, 6) is 2.32. The van der Waals surface area contributed by atoms with Crippen LogP contribution in [0.3, 0.4) is 0 Å². The van der Waals surface area contributed by atoms with Crippen LogP contribution in [0, 0.1) is 5.39 Å². The Morgan fingerprint density at radius 2 is 1.47 bits per heavy atom. The summed E-state index contributed by atoms with van der Waals surface area (Å²) in [5.41, 5.74) is 1.46. The molecule has 0 aromatic heterocycles. The molecular formula is C28H42N3O3+. The fourth-order valence-corrected chi connectivity index (χ4v) is 3.87. The normalized spacial score (nSPS) is 11.5. The zero-order chi connectivity index (χ0) is 24.4. The van der Waals surface area contributed by atoms with Gasteiger partial charge in [0.2, 0.25) is 11.1 Å². The summed E-state index contributed by atoms with van der Waals surface area (Å²) in [6, 6.07) is 13.8. The second-order valence-corrected chi connectivity index (χ2v) is 8.69. The van der Waals surface area contributed by atoms with Crippen molar-refractivity contribution < 1.29 is 14.2 Å². The Balaban J connectivity index is 1.90. The highest BCUT2D eigenvalue weighted by molar-refractivity contribution is 5.64. The monoisotopic (exact) mass is 468 g/mol. The van der Waals surface area contributed by atoms with E-state index in [2.05, 4.69) is 24.1 Å². The number of ether oxygens (including phenoxy) is 3. The van der Waals surface area contributed by atoms with Gasteiger partial charge < -0.3 is 19.5 Å². The lowest BCUT2D eigenvalue weighted by Crippen LogP contribution is -2.20. The standard InChI is InChI=1S/C28H42N3O3/c1-4-6-8-10-20-34-28-22-24(14-19-27(28)31-29)30-23(12-9-7-5-2)13-11-21-33-26-17-15-25(32-3)16-18-26/h14-19,22-23,30H,4-13,20-21H2,1-3H3/q+1. The first-order valence-corrected chi connectivity index (χ1v) is 12.9. The highest BCUT2D eigenvalue weighted by Crippen LogP contribution is 2.32. The molecule has 1 unspecified atom stereocenters. The van der Waals surface area contributed by atoms with E-state index in [0.29, 0.717) is 30.7 Å². The number of hydrogen-bond donors (Lipinski definition) is 1. The predicted molar refractivity (Wildman–Crippen MR) is 140 cm³/mol. The van der Waals surface area contributed by atoms with Crippen molar-refractivity contribution in [1.82, 2.24) is 0 Å². The summed E-state index contributed by atoms with van der Waals surface area (Å²) >= 11 is 0. The van der Waals surface area contributed by atoms with Gasteiger partial charge in [-0.2, -0.15) is 0 Å². The van der Waals surface area contributed by atoms with Crippen molar-refractivity contribution >= 4 is 11.4 Å². The molecule has 0 bridgehead atoms. The number of hydrogen-bond acceptors (Lipinski definition) is 5. The van der Waals surface area contributed by atoms with Crippen LogP contribution in [0.25, 0.3) is 4.98 Å². The maximum absolute atomic E-state index is 9.35. The van der Waals surface area contributed by atoms with E-state index in [1.54, 1.807) is 13.2 Å². The Labute approximate surface area is 205 Å². The number of rotatable bonds is 18. The van der Waals surface area contributed by atoms with Crippen molar-refractivity contribution in [3.63, 3.8) is 0 Å². The minimum atomic E-state index is 0.348. The number of benzene rings is 2. The van der Waals surface area contributed by atoms with Crippen molar-refractivity contribution in [1.29, 1.82) is 5.39 Å². The number of nitrogens with zero attached hydrogens (tertiary/aromatic N) is 2. The minimum absolute atomic E-state index is 0.348. The Morgan fingerprint density at radius 1 is 0.794 bits per heavy atom. The Bertz CT molecular complexity index is 849. The van der Waals surface area contributed by atoms with E-state index in [0.717, 1.165) is 49.3 Å². The van der Waals surface area contributed by atoms with E-state index in [1.165, 1.54) is 32.1 Å². The van der Waals surface area contributed by atoms with Crippen molar-refractivity contribution in [2.24, 2.45) is 0 Å². The molecule has 2 aromatic rings. The number of anilines is 1. The van der Waals surface area contributed by atoms with Crippen LogP contribution in [-0.2, 0) is 0 Å².